The molecule has 0 radical (unpaired) electrons. The van der Waals surface area contributed by atoms with E-state index in [1.807, 2.05) is 12.1 Å². The molecule has 1 unspecified atom stereocenters. The summed E-state index contributed by atoms with van der Waals surface area (Å²) in [5, 5.41) is 4.13. The number of halogens is 3. The molecule has 112 valence electrons. The maximum Gasteiger partial charge on any atom is 0.137 e. The van der Waals surface area contributed by atoms with E-state index < -0.39 is 0 Å². The van der Waals surface area contributed by atoms with Crippen molar-refractivity contribution in [1.29, 1.82) is 0 Å². The number of hydrogen-bond donors (Lipinski definition) is 1. The van der Waals surface area contributed by atoms with Crippen LogP contribution in [0.4, 0.5) is 4.39 Å². The fourth-order valence-electron chi connectivity index (χ4n) is 2.18. The van der Waals surface area contributed by atoms with Crippen LogP contribution in [0.1, 0.15) is 30.5 Å². The Hall–Kier alpha value is -0.970. The normalized spacial score (nSPS) is 12.4. The van der Waals surface area contributed by atoms with Crippen LogP contribution in [0, 0.1) is 5.82 Å². The number of nitrogens with zero attached hydrogens (tertiary/aromatic N) is 1. The van der Waals surface area contributed by atoms with Crippen molar-refractivity contribution in [3.8, 4) is 0 Å². The minimum atomic E-state index is -0.251. The summed E-state index contributed by atoms with van der Waals surface area (Å²) in [5.74, 6) is -0.251. The molecule has 5 heteroatoms. The summed E-state index contributed by atoms with van der Waals surface area (Å²) in [6.45, 7) is 3.01. The van der Waals surface area contributed by atoms with Gasteiger partial charge in [0, 0.05) is 18.4 Å². The zero-order valence-electron chi connectivity index (χ0n) is 11.7. The third-order valence-electron chi connectivity index (χ3n) is 3.24. The highest BCUT2D eigenvalue weighted by molar-refractivity contribution is 9.10. The Balaban J connectivity index is 2.24. The third kappa shape index (κ3) is 4.50. The van der Waals surface area contributed by atoms with E-state index in [9.17, 15) is 4.39 Å². The van der Waals surface area contributed by atoms with Crippen LogP contribution in [0.2, 0.25) is 5.02 Å². The van der Waals surface area contributed by atoms with Gasteiger partial charge in [-0.1, -0.05) is 24.6 Å². The molecule has 2 aromatic rings. The van der Waals surface area contributed by atoms with E-state index >= 15 is 0 Å². The van der Waals surface area contributed by atoms with Crippen molar-refractivity contribution in [3.63, 3.8) is 0 Å². The zero-order chi connectivity index (χ0) is 15.2. The van der Waals surface area contributed by atoms with Gasteiger partial charge in [0.2, 0.25) is 0 Å². The molecule has 21 heavy (non-hydrogen) atoms. The Labute approximate surface area is 137 Å². The Morgan fingerprint density at radius 3 is 2.86 bits per heavy atom. The van der Waals surface area contributed by atoms with Crippen molar-refractivity contribution >= 4 is 27.5 Å². The van der Waals surface area contributed by atoms with Gasteiger partial charge >= 0.3 is 0 Å². The van der Waals surface area contributed by atoms with Crippen LogP contribution in [0.3, 0.4) is 0 Å². The predicted molar refractivity (Wildman–Crippen MR) is 88.1 cm³/mol. The lowest BCUT2D eigenvalue weighted by Gasteiger charge is -2.20. The highest BCUT2D eigenvalue weighted by atomic mass is 79.9. The van der Waals surface area contributed by atoms with Crippen LogP contribution in [0.5, 0.6) is 0 Å². The molecule has 1 aromatic heterocycles. The number of benzene rings is 1. The lowest BCUT2D eigenvalue weighted by molar-refractivity contribution is 0.528. The van der Waals surface area contributed by atoms with Gasteiger partial charge < -0.3 is 5.32 Å². The first-order valence-electron chi connectivity index (χ1n) is 6.88. The summed E-state index contributed by atoms with van der Waals surface area (Å²) in [5.41, 5.74) is 2.06. The maximum atomic E-state index is 13.3. The summed E-state index contributed by atoms with van der Waals surface area (Å²) in [6.07, 6.45) is 5.16. The third-order valence-corrected chi connectivity index (χ3v) is 4.17. The van der Waals surface area contributed by atoms with Gasteiger partial charge in [-0.3, -0.25) is 4.98 Å². The second-order valence-electron chi connectivity index (χ2n) is 4.86. The lowest BCUT2D eigenvalue weighted by atomic mass is 9.99. The fraction of sp³-hybridized carbons (Fsp3) is 0.312. The van der Waals surface area contributed by atoms with Crippen LogP contribution >= 0.6 is 27.5 Å². The molecule has 2 rings (SSSR count). The van der Waals surface area contributed by atoms with Crippen LogP contribution < -0.4 is 5.32 Å². The van der Waals surface area contributed by atoms with Gasteiger partial charge in [-0.2, -0.15) is 0 Å². The van der Waals surface area contributed by atoms with Crippen molar-refractivity contribution in [2.45, 2.75) is 25.8 Å². The molecule has 1 heterocycles. The predicted octanol–water partition coefficient (Wildman–Crippen LogP) is 4.92. The van der Waals surface area contributed by atoms with Crippen molar-refractivity contribution in [3.05, 3.63) is 63.1 Å². The Kier molecular flexibility index (Phi) is 6.15. The first-order valence-corrected chi connectivity index (χ1v) is 8.05. The summed E-state index contributed by atoms with van der Waals surface area (Å²) in [7, 11) is 0. The van der Waals surface area contributed by atoms with Crippen LogP contribution in [-0.2, 0) is 6.42 Å². The molecule has 0 bridgehead atoms. The standard InChI is InChI=1S/C16H17BrClFN2/c1-2-6-21-16(12-5-7-20-10-14(12)18)9-11-3-4-15(19)13(17)8-11/h3-5,7-8,10,16,21H,2,6,9H2,1H3. The molecule has 0 aliphatic heterocycles. The molecular formula is C16H17BrClFN2. The van der Waals surface area contributed by atoms with E-state index in [-0.39, 0.29) is 11.9 Å². The lowest BCUT2D eigenvalue weighted by Crippen LogP contribution is -2.24. The highest BCUT2D eigenvalue weighted by Crippen LogP contribution is 2.26. The topological polar surface area (TPSA) is 24.9 Å². The van der Waals surface area contributed by atoms with Gasteiger partial charge in [0.15, 0.2) is 0 Å². The summed E-state index contributed by atoms with van der Waals surface area (Å²) in [6, 6.07) is 7.09. The van der Waals surface area contributed by atoms with Gasteiger partial charge in [-0.15, -0.1) is 0 Å². The molecule has 2 nitrogen and oxygen atoms in total. The van der Waals surface area contributed by atoms with E-state index in [1.165, 1.54) is 6.07 Å². The minimum absolute atomic E-state index is 0.0813. The molecule has 0 saturated heterocycles. The smallest absolute Gasteiger partial charge is 0.137 e. The van der Waals surface area contributed by atoms with E-state index in [4.69, 9.17) is 11.6 Å². The van der Waals surface area contributed by atoms with Gasteiger partial charge in [0.25, 0.3) is 0 Å². The van der Waals surface area contributed by atoms with Gasteiger partial charge in [0.1, 0.15) is 5.82 Å². The van der Waals surface area contributed by atoms with Crippen molar-refractivity contribution < 1.29 is 4.39 Å². The fourth-order valence-corrected chi connectivity index (χ4v) is 2.86. The SMILES string of the molecule is CCCNC(Cc1ccc(F)c(Br)c1)c1ccncc1Cl. The van der Waals surface area contributed by atoms with Crippen LogP contribution in [-0.4, -0.2) is 11.5 Å². The van der Waals surface area contributed by atoms with Crippen molar-refractivity contribution in [1.82, 2.24) is 10.3 Å². The molecule has 0 amide bonds. The van der Waals surface area contributed by atoms with E-state index in [0.717, 1.165) is 30.5 Å². The van der Waals surface area contributed by atoms with Crippen LogP contribution in [0.25, 0.3) is 0 Å². The Morgan fingerprint density at radius 1 is 1.38 bits per heavy atom. The second kappa shape index (κ2) is 7.87. The number of nitrogens with one attached hydrogen (secondary N) is 1. The van der Waals surface area contributed by atoms with Gasteiger partial charge in [0.05, 0.1) is 9.50 Å². The number of rotatable bonds is 6. The molecular weight excluding hydrogens is 355 g/mol. The molecule has 1 atom stereocenters. The summed E-state index contributed by atoms with van der Waals surface area (Å²) < 4.78 is 13.8. The minimum Gasteiger partial charge on any atom is -0.310 e. The van der Waals surface area contributed by atoms with E-state index in [2.05, 4.69) is 33.2 Å². The molecule has 0 aliphatic carbocycles. The number of hydrogen-bond acceptors (Lipinski definition) is 2. The molecule has 1 aromatic carbocycles. The first-order chi connectivity index (χ1) is 10.1. The van der Waals surface area contributed by atoms with Crippen LogP contribution in [0.15, 0.2) is 41.1 Å². The monoisotopic (exact) mass is 370 g/mol. The number of pyridine rings is 1. The van der Waals surface area contributed by atoms with Crippen molar-refractivity contribution in [2.75, 3.05) is 6.54 Å². The quantitative estimate of drug-likeness (QED) is 0.779. The molecule has 0 saturated carbocycles. The second-order valence-corrected chi connectivity index (χ2v) is 6.12. The van der Waals surface area contributed by atoms with E-state index in [1.54, 1.807) is 18.5 Å². The summed E-state index contributed by atoms with van der Waals surface area (Å²) >= 11 is 9.48. The largest absolute Gasteiger partial charge is 0.310 e. The zero-order valence-corrected chi connectivity index (χ0v) is 14.1. The molecule has 0 aliphatic rings. The van der Waals surface area contributed by atoms with Crippen molar-refractivity contribution in [2.24, 2.45) is 0 Å². The first kappa shape index (κ1) is 16.4. The van der Waals surface area contributed by atoms with Gasteiger partial charge in [-0.05, 0) is 64.6 Å². The Bertz CT molecular complexity index is 607. The highest BCUT2D eigenvalue weighted by Gasteiger charge is 2.15. The average Bonchev–Trinajstić information content (AvgIpc) is 2.48. The molecule has 1 N–H and O–H groups in total. The molecule has 0 fully saturated rings. The summed E-state index contributed by atoms with van der Waals surface area (Å²) in [4.78, 5) is 4.02. The molecule has 0 spiro atoms. The average molecular weight is 372 g/mol. The van der Waals surface area contributed by atoms with Gasteiger partial charge in [-0.25, -0.2) is 4.39 Å². The van der Waals surface area contributed by atoms with E-state index in [0.29, 0.717) is 9.50 Å². The maximum absolute atomic E-state index is 13.3. The number of aromatic nitrogens is 1. The Morgan fingerprint density at radius 2 is 2.19 bits per heavy atom.